The van der Waals surface area contributed by atoms with Crippen LogP contribution >= 0.6 is 0 Å². The Kier molecular flexibility index (Phi) is 4.46. The fourth-order valence-corrected chi connectivity index (χ4v) is 3.45. The number of pyridine rings is 1. The molecule has 0 saturated heterocycles. The number of hydrogen-bond acceptors (Lipinski definition) is 5. The normalized spacial score (nSPS) is 18.1. The quantitative estimate of drug-likeness (QED) is 0.870. The minimum Gasteiger partial charge on any atom is -0.396 e. The van der Waals surface area contributed by atoms with E-state index >= 15 is 0 Å². The first-order valence-electron chi connectivity index (χ1n) is 8.57. The number of aromatic nitrogens is 1. The van der Waals surface area contributed by atoms with Crippen molar-refractivity contribution in [3.8, 4) is 11.1 Å². The highest BCUT2D eigenvalue weighted by Crippen LogP contribution is 2.43. The van der Waals surface area contributed by atoms with E-state index in [1.165, 1.54) is 12.3 Å². The standard InChI is InChI=1S/C19H15F3N4O2/c20-19(21,22)10-26-15-7-12(13-4-2-1-3-11(13)5-6-27)8-23-17(15)16-14(18(26)28)9-24-25-16/h1-4,7-9,16,27H,5-6,10H2. The van der Waals surface area contributed by atoms with Gasteiger partial charge in [-0.05, 0) is 23.6 Å². The van der Waals surface area contributed by atoms with Crippen molar-refractivity contribution in [2.45, 2.75) is 18.6 Å². The van der Waals surface area contributed by atoms with Crippen molar-refractivity contribution in [2.24, 2.45) is 10.2 Å². The van der Waals surface area contributed by atoms with Crippen LogP contribution in [0.4, 0.5) is 18.9 Å². The molecule has 144 valence electrons. The average molecular weight is 388 g/mol. The third-order valence-corrected chi connectivity index (χ3v) is 4.66. The molecule has 0 radical (unpaired) electrons. The van der Waals surface area contributed by atoms with E-state index in [9.17, 15) is 23.1 Å². The van der Waals surface area contributed by atoms with E-state index in [0.717, 1.165) is 11.1 Å². The fourth-order valence-electron chi connectivity index (χ4n) is 3.45. The predicted molar refractivity (Wildman–Crippen MR) is 94.6 cm³/mol. The van der Waals surface area contributed by atoms with Gasteiger partial charge in [-0.15, -0.1) is 0 Å². The van der Waals surface area contributed by atoms with Crippen molar-refractivity contribution in [1.82, 2.24) is 4.98 Å². The van der Waals surface area contributed by atoms with Gasteiger partial charge in [0.2, 0.25) is 0 Å². The molecule has 1 atom stereocenters. The number of halogens is 3. The van der Waals surface area contributed by atoms with Crippen LogP contribution in [-0.2, 0) is 11.2 Å². The van der Waals surface area contributed by atoms with Crippen LogP contribution in [0.25, 0.3) is 11.1 Å². The van der Waals surface area contributed by atoms with Gasteiger partial charge in [0.1, 0.15) is 12.6 Å². The zero-order chi connectivity index (χ0) is 19.9. The number of aliphatic hydroxyl groups excluding tert-OH is 1. The SMILES string of the molecule is O=C1C2=CN=NC2c2ncc(-c3ccccc3CCO)cc2N1CC(F)(F)F. The molecule has 28 heavy (non-hydrogen) atoms. The number of azo groups is 1. The highest BCUT2D eigenvalue weighted by atomic mass is 19.4. The smallest absolute Gasteiger partial charge is 0.396 e. The number of alkyl halides is 3. The molecule has 9 heteroatoms. The molecule has 0 fully saturated rings. The molecule has 1 aromatic heterocycles. The van der Waals surface area contributed by atoms with Gasteiger partial charge >= 0.3 is 6.18 Å². The van der Waals surface area contributed by atoms with E-state index in [1.807, 2.05) is 12.1 Å². The molecular formula is C19H15F3N4O2. The van der Waals surface area contributed by atoms with Gasteiger partial charge < -0.3 is 5.11 Å². The summed E-state index contributed by atoms with van der Waals surface area (Å²) in [5.41, 5.74) is 2.54. The Morgan fingerprint density at radius 2 is 2.00 bits per heavy atom. The van der Waals surface area contributed by atoms with Crippen LogP contribution in [-0.4, -0.2) is 35.3 Å². The monoisotopic (exact) mass is 388 g/mol. The lowest BCUT2D eigenvalue weighted by Gasteiger charge is -2.32. The lowest BCUT2D eigenvalue weighted by atomic mass is 9.93. The summed E-state index contributed by atoms with van der Waals surface area (Å²) in [7, 11) is 0. The second kappa shape index (κ2) is 6.83. The summed E-state index contributed by atoms with van der Waals surface area (Å²) in [5.74, 6) is -0.776. The third-order valence-electron chi connectivity index (χ3n) is 4.66. The van der Waals surface area contributed by atoms with E-state index in [1.54, 1.807) is 18.3 Å². The molecule has 0 saturated carbocycles. The van der Waals surface area contributed by atoms with Crippen molar-refractivity contribution in [1.29, 1.82) is 0 Å². The number of fused-ring (bicyclic) bond motifs is 3. The number of benzene rings is 1. The van der Waals surface area contributed by atoms with Crippen LogP contribution in [0, 0.1) is 0 Å². The van der Waals surface area contributed by atoms with Crippen molar-refractivity contribution in [2.75, 3.05) is 18.1 Å². The minimum absolute atomic E-state index is 0.0648. The van der Waals surface area contributed by atoms with Crippen molar-refractivity contribution < 1.29 is 23.1 Å². The average Bonchev–Trinajstić information content (AvgIpc) is 3.15. The summed E-state index contributed by atoms with van der Waals surface area (Å²) in [6, 6.07) is 7.97. The number of hydrogen-bond donors (Lipinski definition) is 1. The van der Waals surface area contributed by atoms with Crippen LogP contribution in [0.15, 0.2) is 58.5 Å². The Balaban J connectivity index is 1.85. The maximum absolute atomic E-state index is 13.1. The molecule has 4 rings (SSSR count). The number of carbonyl (C=O) groups excluding carboxylic acids is 1. The van der Waals surface area contributed by atoms with Gasteiger partial charge in [0.05, 0.1) is 23.2 Å². The Hall–Kier alpha value is -3.07. The Morgan fingerprint density at radius 3 is 2.75 bits per heavy atom. The molecule has 3 heterocycles. The van der Waals surface area contributed by atoms with Gasteiger partial charge in [0.25, 0.3) is 5.91 Å². The summed E-state index contributed by atoms with van der Waals surface area (Å²) in [6.07, 6.45) is -1.45. The molecule has 0 spiro atoms. The van der Waals surface area contributed by atoms with E-state index in [2.05, 4.69) is 15.2 Å². The lowest BCUT2D eigenvalue weighted by Crippen LogP contribution is -2.43. The molecule has 2 aromatic rings. The maximum Gasteiger partial charge on any atom is 0.406 e. The highest BCUT2D eigenvalue weighted by molar-refractivity contribution is 6.09. The van der Waals surface area contributed by atoms with Crippen molar-refractivity contribution in [3.63, 3.8) is 0 Å². The largest absolute Gasteiger partial charge is 0.406 e. The van der Waals surface area contributed by atoms with Crippen LogP contribution in [0.3, 0.4) is 0 Å². The third kappa shape index (κ3) is 3.18. The first-order valence-corrected chi connectivity index (χ1v) is 8.57. The van der Waals surface area contributed by atoms with Crippen LogP contribution < -0.4 is 4.90 Å². The van der Waals surface area contributed by atoms with Crippen LogP contribution in [0.2, 0.25) is 0 Å². The van der Waals surface area contributed by atoms with Gasteiger partial charge in [-0.1, -0.05) is 24.3 Å². The fraction of sp³-hybridized carbons (Fsp3) is 0.263. The molecule has 1 N–H and O–H groups in total. The molecule has 0 bridgehead atoms. The summed E-state index contributed by atoms with van der Waals surface area (Å²) in [4.78, 5) is 17.7. The van der Waals surface area contributed by atoms with Gasteiger partial charge in [0.15, 0.2) is 0 Å². The number of aliphatic hydroxyl groups is 1. The van der Waals surface area contributed by atoms with E-state index < -0.39 is 24.7 Å². The van der Waals surface area contributed by atoms with Crippen LogP contribution in [0.5, 0.6) is 0 Å². The number of nitrogens with zero attached hydrogens (tertiary/aromatic N) is 4. The van der Waals surface area contributed by atoms with E-state index in [0.29, 0.717) is 16.9 Å². The van der Waals surface area contributed by atoms with Gasteiger partial charge in [-0.2, -0.15) is 23.4 Å². The van der Waals surface area contributed by atoms with Crippen molar-refractivity contribution >= 4 is 11.6 Å². The highest BCUT2D eigenvalue weighted by Gasteiger charge is 2.43. The maximum atomic E-state index is 13.1. The van der Waals surface area contributed by atoms with Gasteiger partial charge in [-0.25, -0.2) is 0 Å². The Labute approximate surface area is 158 Å². The van der Waals surface area contributed by atoms with Crippen molar-refractivity contribution in [3.05, 3.63) is 59.6 Å². The van der Waals surface area contributed by atoms with Gasteiger partial charge in [-0.3, -0.25) is 14.7 Å². The summed E-state index contributed by atoms with van der Waals surface area (Å²) >= 11 is 0. The number of carbonyl (C=O) groups is 1. The number of rotatable bonds is 4. The van der Waals surface area contributed by atoms with E-state index in [-0.39, 0.29) is 23.6 Å². The Morgan fingerprint density at radius 1 is 1.21 bits per heavy atom. The molecule has 2 aliphatic rings. The second-order valence-corrected chi connectivity index (χ2v) is 6.48. The molecule has 6 nitrogen and oxygen atoms in total. The topological polar surface area (TPSA) is 78.1 Å². The summed E-state index contributed by atoms with van der Waals surface area (Å²) < 4.78 is 39.4. The molecule has 2 aliphatic heterocycles. The predicted octanol–water partition coefficient (Wildman–Crippen LogP) is 3.58. The summed E-state index contributed by atoms with van der Waals surface area (Å²) in [6.45, 7) is -1.49. The zero-order valence-corrected chi connectivity index (χ0v) is 14.5. The molecule has 0 aliphatic carbocycles. The second-order valence-electron chi connectivity index (χ2n) is 6.48. The Bertz CT molecular complexity index is 1000. The first kappa shape index (κ1) is 18.3. The molecule has 1 aromatic carbocycles. The lowest BCUT2D eigenvalue weighted by molar-refractivity contribution is -0.130. The number of anilines is 1. The zero-order valence-electron chi connectivity index (χ0n) is 14.5. The first-order chi connectivity index (χ1) is 13.4. The summed E-state index contributed by atoms with van der Waals surface area (Å²) in [5, 5.41) is 16.9. The molecule has 1 amide bonds. The molecular weight excluding hydrogens is 373 g/mol. The van der Waals surface area contributed by atoms with Gasteiger partial charge in [0, 0.05) is 18.4 Å². The molecule has 1 unspecified atom stereocenters. The number of amides is 1. The van der Waals surface area contributed by atoms with Crippen LogP contribution in [0.1, 0.15) is 17.3 Å². The minimum atomic E-state index is -4.57. The van der Waals surface area contributed by atoms with E-state index in [4.69, 9.17) is 0 Å².